The maximum atomic E-state index is 14.1. The van der Waals surface area contributed by atoms with Gasteiger partial charge in [-0.1, -0.05) is 61.0 Å². The molecule has 238 valence electrons. The van der Waals surface area contributed by atoms with E-state index in [0.717, 1.165) is 36.8 Å². The molecular weight excluding hydrogens is 564 g/mol. The molecular formula is C38H46N2O5. The summed E-state index contributed by atoms with van der Waals surface area (Å²) >= 11 is 0. The number of aliphatic hydroxyl groups is 2. The average molecular weight is 611 g/mol. The molecule has 2 fully saturated rings. The first-order chi connectivity index (χ1) is 21.7. The Bertz CT molecular complexity index is 1520. The lowest BCUT2D eigenvalue weighted by Crippen LogP contribution is -2.57. The monoisotopic (exact) mass is 610 g/mol. The number of piperazine rings is 1. The van der Waals surface area contributed by atoms with E-state index in [4.69, 9.17) is 4.42 Å². The van der Waals surface area contributed by atoms with Gasteiger partial charge in [-0.15, -0.1) is 0 Å². The van der Waals surface area contributed by atoms with Gasteiger partial charge in [-0.2, -0.15) is 0 Å². The van der Waals surface area contributed by atoms with Crippen molar-refractivity contribution >= 4 is 11.7 Å². The number of fused-ring (bicyclic) bond motifs is 8. The zero-order valence-corrected chi connectivity index (χ0v) is 26.6. The minimum absolute atomic E-state index is 0.0115. The molecule has 4 unspecified atom stereocenters. The van der Waals surface area contributed by atoms with Gasteiger partial charge in [-0.05, 0) is 87.1 Å². The number of aliphatic hydroxyl groups excluding tert-OH is 1. The van der Waals surface area contributed by atoms with Crippen LogP contribution >= 0.6 is 0 Å². The summed E-state index contributed by atoms with van der Waals surface area (Å²) in [5, 5.41) is 23.5. The van der Waals surface area contributed by atoms with E-state index in [2.05, 4.69) is 37.0 Å². The molecule has 1 saturated heterocycles. The largest absolute Gasteiger partial charge is 0.459 e. The van der Waals surface area contributed by atoms with E-state index in [1.54, 1.807) is 12.1 Å². The van der Waals surface area contributed by atoms with Crippen molar-refractivity contribution in [1.29, 1.82) is 0 Å². The van der Waals surface area contributed by atoms with Crippen molar-refractivity contribution in [2.24, 2.45) is 5.41 Å². The maximum Gasteiger partial charge on any atom is 0.289 e. The smallest absolute Gasteiger partial charge is 0.289 e. The Balaban J connectivity index is 1.31. The Kier molecular flexibility index (Phi) is 9.14. The Morgan fingerprint density at radius 2 is 1.76 bits per heavy atom. The summed E-state index contributed by atoms with van der Waals surface area (Å²) in [6, 6.07) is 19.0. The topological polar surface area (TPSA) is 94.2 Å². The molecule has 2 N–H and O–H groups in total. The molecule has 2 heterocycles. The SMILES string of the molecule is CC1=CCCC2(C)C(CCC2(O)CN2CCN(C(=O)c3ccco3)CC2)c2ccc(cc2C(=O)c2ccccc2)CC(O)CC1. The van der Waals surface area contributed by atoms with E-state index in [0.29, 0.717) is 68.9 Å². The fourth-order valence-electron chi connectivity index (χ4n) is 7.98. The molecule has 45 heavy (non-hydrogen) atoms. The lowest BCUT2D eigenvalue weighted by molar-refractivity contribution is -0.0876. The van der Waals surface area contributed by atoms with Gasteiger partial charge in [0, 0.05) is 49.3 Å². The van der Waals surface area contributed by atoms with E-state index < -0.39 is 17.1 Å². The van der Waals surface area contributed by atoms with Crippen LogP contribution in [0.5, 0.6) is 0 Å². The number of rotatable bonds is 5. The Hall–Kier alpha value is -3.52. The molecule has 3 aromatic rings. The first-order valence-electron chi connectivity index (χ1n) is 16.5. The Morgan fingerprint density at radius 1 is 0.978 bits per heavy atom. The van der Waals surface area contributed by atoms with Gasteiger partial charge in [0.05, 0.1) is 18.0 Å². The molecule has 1 amide bonds. The van der Waals surface area contributed by atoms with Crippen LogP contribution in [-0.4, -0.2) is 76.1 Å². The van der Waals surface area contributed by atoms with Gasteiger partial charge in [0.2, 0.25) is 0 Å². The molecule has 4 aliphatic rings. The van der Waals surface area contributed by atoms with E-state index in [1.165, 1.54) is 11.8 Å². The predicted molar refractivity (Wildman–Crippen MR) is 174 cm³/mol. The Labute approximate surface area is 266 Å². The normalized spacial score (nSPS) is 27.9. The molecule has 7 rings (SSSR count). The molecule has 7 heteroatoms. The van der Waals surface area contributed by atoms with Crippen LogP contribution in [0, 0.1) is 5.41 Å². The number of carbonyl (C=O) groups excluding carboxylic acids is 2. The molecule has 2 bridgehead atoms. The summed E-state index contributed by atoms with van der Waals surface area (Å²) < 4.78 is 5.33. The summed E-state index contributed by atoms with van der Waals surface area (Å²) in [7, 11) is 0. The first-order valence-corrected chi connectivity index (χ1v) is 16.5. The third-order valence-corrected chi connectivity index (χ3v) is 10.8. The molecule has 3 aliphatic carbocycles. The highest BCUT2D eigenvalue weighted by Gasteiger charge is 2.57. The van der Waals surface area contributed by atoms with Crippen LogP contribution in [-0.2, 0) is 6.42 Å². The predicted octanol–water partition coefficient (Wildman–Crippen LogP) is 6.01. The van der Waals surface area contributed by atoms with Crippen molar-refractivity contribution in [2.75, 3.05) is 32.7 Å². The van der Waals surface area contributed by atoms with Crippen LogP contribution in [0.2, 0.25) is 0 Å². The van der Waals surface area contributed by atoms with Crippen molar-refractivity contribution in [1.82, 2.24) is 9.80 Å². The molecule has 1 aliphatic heterocycles. The molecule has 1 aromatic heterocycles. The highest BCUT2D eigenvalue weighted by atomic mass is 16.3. The van der Waals surface area contributed by atoms with Gasteiger partial charge in [0.1, 0.15) is 0 Å². The van der Waals surface area contributed by atoms with Gasteiger partial charge in [0.25, 0.3) is 5.91 Å². The molecule has 0 radical (unpaired) electrons. The average Bonchev–Trinajstić information content (AvgIpc) is 3.67. The molecule has 2 aromatic carbocycles. The van der Waals surface area contributed by atoms with Crippen molar-refractivity contribution < 1.29 is 24.2 Å². The van der Waals surface area contributed by atoms with Gasteiger partial charge < -0.3 is 19.5 Å². The van der Waals surface area contributed by atoms with Gasteiger partial charge in [0.15, 0.2) is 11.5 Å². The van der Waals surface area contributed by atoms with Crippen LogP contribution < -0.4 is 0 Å². The van der Waals surface area contributed by atoms with Crippen LogP contribution in [0.3, 0.4) is 0 Å². The highest BCUT2D eigenvalue weighted by molar-refractivity contribution is 6.10. The minimum Gasteiger partial charge on any atom is -0.459 e. The van der Waals surface area contributed by atoms with E-state index in [1.807, 2.05) is 41.3 Å². The lowest BCUT2D eigenvalue weighted by atomic mass is 9.64. The number of carbonyl (C=O) groups is 2. The zero-order valence-electron chi connectivity index (χ0n) is 26.6. The van der Waals surface area contributed by atoms with E-state index >= 15 is 0 Å². The second-order valence-corrected chi connectivity index (χ2v) is 13.7. The first kappa shape index (κ1) is 31.5. The Morgan fingerprint density at radius 3 is 2.49 bits per heavy atom. The van der Waals surface area contributed by atoms with Crippen LogP contribution in [0.4, 0.5) is 0 Å². The minimum atomic E-state index is -0.967. The molecule has 4 atom stereocenters. The third-order valence-electron chi connectivity index (χ3n) is 10.8. The van der Waals surface area contributed by atoms with Crippen LogP contribution in [0.15, 0.2) is 83.0 Å². The van der Waals surface area contributed by atoms with Crippen molar-refractivity contribution in [3.8, 4) is 0 Å². The highest BCUT2D eigenvalue weighted by Crippen LogP contribution is 2.59. The number of hydrogen-bond acceptors (Lipinski definition) is 6. The summed E-state index contributed by atoms with van der Waals surface area (Å²) in [6.07, 6.45) is 8.34. The lowest BCUT2D eigenvalue weighted by Gasteiger charge is -2.47. The van der Waals surface area contributed by atoms with Crippen LogP contribution in [0.1, 0.15) is 95.9 Å². The van der Waals surface area contributed by atoms with Gasteiger partial charge in [-0.3, -0.25) is 14.5 Å². The number of benzene rings is 2. The van der Waals surface area contributed by atoms with Crippen molar-refractivity contribution in [2.45, 2.75) is 76.4 Å². The van der Waals surface area contributed by atoms with Gasteiger partial charge >= 0.3 is 0 Å². The maximum absolute atomic E-state index is 14.1. The number of furan rings is 1. The quantitative estimate of drug-likeness (QED) is 0.272. The fourth-order valence-corrected chi connectivity index (χ4v) is 7.98. The molecule has 0 spiro atoms. The molecule has 1 saturated carbocycles. The van der Waals surface area contributed by atoms with Crippen molar-refractivity contribution in [3.05, 3.63) is 107 Å². The fraction of sp³-hybridized carbons (Fsp3) is 0.474. The standard InChI is InChI=1S/C38H46N2O5/c1-27-8-6-17-37(2)33(16-18-38(37,44)26-39-19-21-40(22-20-39)36(43)34-11-7-23-45-34)31-15-13-28(24-30(41)14-12-27)25-32(31)35(42)29-9-4-3-5-10-29/h3-5,7-11,13,15,23,25,30,33,41,44H,6,12,14,16-22,24,26H2,1-2H3. The van der Waals surface area contributed by atoms with Gasteiger partial charge in [-0.25, -0.2) is 0 Å². The number of nitrogens with zero attached hydrogens (tertiary/aromatic N) is 2. The number of hydrogen-bond donors (Lipinski definition) is 2. The summed E-state index contributed by atoms with van der Waals surface area (Å²) in [4.78, 5) is 31.1. The number of allylic oxidation sites excluding steroid dienone is 2. The van der Waals surface area contributed by atoms with E-state index in [9.17, 15) is 19.8 Å². The second kappa shape index (κ2) is 13.1. The van der Waals surface area contributed by atoms with Crippen molar-refractivity contribution in [3.63, 3.8) is 0 Å². The van der Waals surface area contributed by atoms with E-state index in [-0.39, 0.29) is 17.6 Å². The molecule has 7 nitrogen and oxygen atoms in total. The summed E-state index contributed by atoms with van der Waals surface area (Å²) in [6.45, 7) is 7.42. The summed E-state index contributed by atoms with van der Waals surface area (Å²) in [5.74, 6) is 0.242. The zero-order chi connectivity index (χ0) is 31.6. The number of β-amino-alcohol motifs (C(OH)–C–C–N with tert-alkyl or cyclic N) is 1. The second-order valence-electron chi connectivity index (χ2n) is 13.7. The number of amides is 1. The number of ketones is 1. The van der Waals surface area contributed by atoms with Crippen LogP contribution in [0.25, 0.3) is 0 Å². The third kappa shape index (κ3) is 6.44. The summed E-state index contributed by atoms with van der Waals surface area (Å²) in [5.41, 5.74) is 3.09.